The second kappa shape index (κ2) is 1.74. The van der Waals surface area contributed by atoms with Crippen molar-refractivity contribution in [3.63, 3.8) is 0 Å². The van der Waals surface area contributed by atoms with E-state index in [0.29, 0.717) is 11.8 Å². The standard InChI is InChI=1S/C8H9ClO2/c9-6-3-1-4-5(2-3)8(10)11-7(4)6/h3-7H,1-2H2/t3-,4+,5+,6+,7-/m0/s1. The predicted octanol–water partition coefficient (Wildman–Crippen LogP) is 1.18. The summed E-state index contributed by atoms with van der Waals surface area (Å²) in [6.45, 7) is 0. The average Bonchev–Trinajstić information content (AvgIpc) is 2.53. The van der Waals surface area contributed by atoms with E-state index in [1.54, 1.807) is 0 Å². The minimum Gasteiger partial charge on any atom is -0.460 e. The van der Waals surface area contributed by atoms with Gasteiger partial charge in [0.15, 0.2) is 0 Å². The Morgan fingerprint density at radius 2 is 2.27 bits per heavy atom. The van der Waals surface area contributed by atoms with Crippen LogP contribution in [-0.2, 0) is 9.53 Å². The number of halogens is 1. The number of rotatable bonds is 0. The van der Waals surface area contributed by atoms with E-state index in [2.05, 4.69) is 0 Å². The number of fused-ring (bicyclic) bond motifs is 1. The van der Waals surface area contributed by atoms with E-state index in [1.807, 2.05) is 0 Å². The van der Waals surface area contributed by atoms with E-state index < -0.39 is 0 Å². The van der Waals surface area contributed by atoms with Gasteiger partial charge in [-0.15, -0.1) is 11.6 Å². The third kappa shape index (κ3) is 0.583. The Bertz CT molecular complexity index is 228. The summed E-state index contributed by atoms with van der Waals surface area (Å²) in [6.07, 6.45) is 2.16. The number of alkyl halides is 1. The number of esters is 1. The maximum atomic E-state index is 11.2. The Kier molecular flexibility index (Phi) is 0.995. The van der Waals surface area contributed by atoms with Gasteiger partial charge in [-0.05, 0) is 18.8 Å². The molecule has 2 bridgehead atoms. The molecular formula is C8H9ClO2. The zero-order valence-electron chi connectivity index (χ0n) is 6.00. The van der Waals surface area contributed by atoms with Crippen LogP contribution in [0.2, 0.25) is 0 Å². The molecule has 0 radical (unpaired) electrons. The molecular weight excluding hydrogens is 164 g/mol. The lowest BCUT2D eigenvalue weighted by atomic mass is 9.90. The molecule has 0 unspecified atom stereocenters. The number of carbonyl (C=O) groups excluding carboxylic acids is 1. The molecule has 2 saturated carbocycles. The first-order valence-corrected chi connectivity index (χ1v) is 4.55. The predicted molar refractivity (Wildman–Crippen MR) is 39.2 cm³/mol. The fraction of sp³-hybridized carbons (Fsp3) is 0.875. The van der Waals surface area contributed by atoms with E-state index in [1.165, 1.54) is 0 Å². The number of hydrogen-bond donors (Lipinski definition) is 0. The van der Waals surface area contributed by atoms with Crippen LogP contribution in [-0.4, -0.2) is 17.5 Å². The number of ether oxygens (including phenoxy) is 1. The van der Waals surface area contributed by atoms with Gasteiger partial charge in [-0.25, -0.2) is 0 Å². The van der Waals surface area contributed by atoms with Crippen molar-refractivity contribution in [1.82, 2.24) is 0 Å². The highest BCUT2D eigenvalue weighted by molar-refractivity contribution is 6.21. The molecule has 0 aromatic rings. The number of carbonyl (C=O) groups is 1. The van der Waals surface area contributed by atoms with E-state index in [0.717, 1.165) is 12.8 Å². The van der Waals surface area contributed by atoms with Gasteiger partial charge in [-0.1, -0.05) is 0 Å². The summed E-state index contributed by atoms with van der Waals surface area (Å²) in [4.78, 5) is 11.2. The van der Waals surface area contributed by atoms with Crippen molar-refractivity contribution in [2.24, 2.45) is 17.8 Å². The number of hydrogen-bond acceptors (Lipinski definition) is 2. The molecule has 3 fully saturated rings. The van der Waals surface area contributed by atoms with Gasteiger partial charge in [0.25, 0.3) is 0 Å². The Morgan fingerprint density at radius 3 is 2.91 bits per heavy atom. The van der Waals surface area contributed by atoms with Crippen LogP contribution in [0.15, 0.2) is 0 Å². The Morgan fingerprint density at radius 1 is 1.45 bits per heavy atom. The summed E-state index contributed by atoms with van der Waals surface area (Å²) in [6, 6.07) is 0. The van der Waals surface area contributed by atoms with Crippen LogP contribution in [0, 0.1) is 17.8 Å². The van der Waals surface area contributed by atoms with Gasteiger partial charge in [0.2, 0.25) is 0 Å². The fourth-order valence-electron chi connectivity index (χ4n) is 2.88. The lowest BCUT2D eigenvalue weighted by Crippen LogP contribution is -2.26. The molecule has 2 aliphatic carbocycles. The molecule has 2 nitrogen and oxygen atoms in total. The first-order valence-electron chi connectivity index (χ1n) is 4.12. The van der Waals surface area contributed by atoms with Crippen molar-refractivity contribution in [2.45, 2.75) is 24.3 Å². The molecule has 3 rings (SSSR count). The fourth-order valence-corrected chi connectivity index (χ4v) is 3.33. The van der Waals surface area contributed by atoms with Gasteiger partial charge in [-0.2, -0.15) is 0 Å². The zero-order chi connectivity index (χ0) is 7.59. The van der Waals surface area contributed by atoms with Crippen molar-refractivity contribution in [1.29, 1.82) is 0 Å². The van der Waals surface area contributed by atoms with Crippen LogP contribution in [0.5, 0.6) is 0 Å². The van der Waals surface area contributed by atoms with E-state index >= 15 is 0 Å². The minimum absolute atomic E-state index is 0.00523. The smallest absolute Gasteiger partial charge is 0.309 e. The van der Waals surface area contributed by atoms with E-state index in [-0.39, 0.29) is 23.4 Å². The van der Waals surface area contributed by atoms with Crippen molar-refractivity contribution in [2.75, 3.05) is 0 Å². The van der Waals surface area contributed by atoms with Crippen LogP contribution < -0.4 is 0 Å². The highest BCUT2D eigenvalue weighted by Gasteiger charge is 2.61. The topological polar surface area (TPSA) is 26.3 Å². The highest BCUT2D eigenvalue weighted by atomic mass is 35.5. The molecule has 60 valence electrons. The maximum Gasteiger partial charge on any atom is 0.309 e. The van der Waals surface area contributed by atoms with Gasteiger partial charge in [0.1, 0.15) is 6.10 Å². The summed E-state index contributed by atoms with van der Waals surface area (Å²) in [5, 5.41) is 0.114. The molecule has 11 heavy (non-hydrogen) atoms. The monoisotopic (exact) mass is 172 g/mol. The molecule has 0 N–H and O–H groups in total. The van der Waals surface area contributed by atoms with Crippen molar-refractivity contribution in [3.05, 3.63) is 0 Å². The van der Waals surface area contributed by atoms with Crippen LogP contribution in [0.1, 0.15) is 12.8 Å². The molecule has 1 heterocycles. The average molecular weight is 173 g/mol. The van der Waals surface area contributed by atoms with Crippen LogP contribution >= 0.6 is 11.6 Å². The molecule has 3 heteroatoms. The lowest BCUT2D eigenvalue weighted by Gasteiger charge is -2.18. The first kappa shape index (κ1) is 6.30. The Balaban J connectivity index is 2.04. The molecule has 1 aliphatic heterocycles. The second-order valence-electron chi connectivity index (χ2n) is 3.85. The third-order valence-electron chi connectivity index (χ3n) is 3.39. The van der Waals surface area contributed by atoms with E-state index in [4.69, 9.17) is 16.3 Å². The van der Waals surface area contributed by atoms with E-state index in [9.17, 15) is 4.79 Å². The van der Waals surface area contributed by atoms with Crippen LogP contribution in [0.3, 0.4) is 0 Å². The molecule has 0 amide bonds. The van der Waals surface area contributed by atoms with Crippen molar-refractivity contribution >= 4 is 17.6 Å². The van der Waals surface area contributed by atoms with Gasteiger partial charge in [0.05, 0.1) is 11.3 Å². The third-order valence-corrected chi connectivity index (χ3v) is 3.99. The summed E-state index contributed by atoms with van der Waals surface area (Å²) in [5.74, 6) is 1.24. The molecule has 0 spiro atoms. The second-order valence-corrected chi connectivity index (χ2v) is 4.35. The molecule has 5 atom stereocenters. The normalized spacial score (nSPS) is 58.6. The van der Waals surface area contributed by atoms with Gasteiger partial charge < -0.3 is 4.74 Å². The van der Waals surface area contributed by atoms with Crippen LogP contribution in [0.4, 0.5) is 0 Å². The van der Waals surface area contributed by atoms with Crippen molar-refractivity contribution < 1.29 is 9.53 Å². The summed E-state index contributed by atoms with van der Waals surface area (Å²) >= 11 is 6.09. The Hall–Kier alpha value is -0.240. The molecule has 0 aromatic carbocycles. The van der Waals surface area contributed by atoms with Crippen LogP contribution in [0.25, 0.3) is 0 Å². The zero-order valence-corrected chi connectivity index (χ0v) is 6.75. The molecule has 3 aliphatic rings. The summed E-state index contributed by atoms with van der Waals surface area (Å²) in [5.41, 5.74) is 0. The maximum absolute atomic E-state index is 11.2. The molecule has 0 aromatic heterocycles. The van der Waals surface area contributed by atoms with Gasteiger partial charge in [-0.3, -0.25) is 4.79 Å². The van der Waals surface area contributed by atoms with Gasteiger partial charge >= 0.3 is 5.97 Å². The lowest BCUT2D eigenvalue weighted by molar-refractivity contribution is -0.143. The molecule has 1 saturated heterocycles. The minimum atomic E-state index is 0.00523. The summed E-state index contributed by atoms with van der Waals surface area (Å²) in [7, 11) is 0. The first-order chi connectivity index (χ1) is 5.27. The Labute approximate surface area is 69.9 Å². The largest absolute Gasteiger partial charge is 0.460 e. The summed E-state index contributed by atoms with van der Waals surface area (Å²) < 4.78 is 5.18. The van der Waals surface area contributed by atoms with Crippen molar-refractivity contribution in [3.8, 4) is 0 Å². The van der Waals surface area contributed by atoms with Gasteiger partial charge in [0, 0.05) is 5.92 Å². The highest BCUT2D eigenvalue weighted by Crippen LogP contribution is 2.56. The SMILES string of the molecule is O=C1O[C@@H]2[C@H](Cl)[C@H]3C[C@@H]2[C@H]1C3. The quantitative estimate of drug-likeness (QED) is 0.405.